The van der Waals surface area contributed by atoms with Crippen LogP contribution in [0.5, 0.6) is 0 Å². The molecule has 0 heterocycles. The van der Waals surface area contributed by atoms with Crippen LogP contribution in [-0.2, 0) is 9.59 Å². The SMILES string of the molecule is CC(C)(CCSCC[C@H](N)C(=O)O)CCC(N)C(=O)O. The molecule has 0 radical (unpaired) electrons. The first-order valence-electron chi connectivity index (χ1n) is 6.70. The molecule has 0 aromatic carbocycles. The molecule has 6 nitrogen and oxygen atoms in total. The summed E-state index contributed by atoms with van der Waals surface area (Å²) in [6.07, 6.45) is 2.63. The van der Waals surface area contributed by atoms with Crippen LogP contribution < -0.4 is 11.5 Å². The molecule has 0 aliphatic rings. The fourth-order valence-electron chi connectivity index (χ4n) is 1.58. The van der Waals surface area contributed by atoms with Gasteiger partial charge in [0.2, 0.25) is 0 Å². The molecule has 1 unspecified atom stereocenters. The van der Waals surface area contributed by atoms with Gasteiger partial charge in [-0.25, -0.2) is 0 Å². The van der Waals surface area contributed by atoms with Gasteiger partial charge >= 0.3 is 11.9 Å². The minimum Gasteiger partial charge on any atom is -0.480 e. The van der Waals surface area contributed by atoms with Crippen LogP contribution in [0.15, 0.2) is 0 Å². The highest BCUT2D eigenvalue weighted by Crippen LogP contribution is 2.29. The summed E-state index contributed by atoms with van der Waals surface area (Å²) in [5.41, 5.74) is 10.9. The van der Waals surface area contributed by atoms with Crippen molar-refractivity contribution in [3.63, 3.8) is 0 Å². The predicted octanol–water partition coefficient (Wildman–Crippen LogP) is 1.13. The molecule has 0 aromatic heterocycles. The largest absolute Gasteiger partial charge is 0.480 e. The molecule has 0 aliphatic heterocycles. The number of aliphatic carboxylic acids is 2. The van der Waals surface area contributed by atoms with Gasteiger partial charge < -0.3 is 21.7 Å². The van der Waals surface area contributed by atoms with E-state index < -0.39 is 24.0 Å². The molecule has 20 heavy (non-hydrogen) atoms. The lowest BCUT2D eigenvalue weighted by atomic mass is 9.84. The Morgan fingerprint density at radius 3 is 2.00 bits per heavy atom. The average Bonchev–Trinajstić information content (AvgIpc) is 2.34. The monoisotopic (exact) mass is 306 g/mol. The van der Waals surface area contributed by atoms with E-state index in [0.29, 0.717) is 12.8 Å². The zero-order valence-electron chi connectivity index (χ0n) is 12.2. The van der Waals surface area contributed by atoms with Gasteiger partial charge in [0.15, 0.2) is 0 Å². The zero-order valence-corrected chi connectivity index (χ0v) is 13.0. The van der Waals surface area contributed by atoms with E-state index in [2.05, 4.69) is 13.8 Å². The van der Waals surface area contributed by atoms with E-state index in [1.807, 2.05) is 0 Å². The van der Waals surface area contributed by atoms with E-state index in [4.69, 9.17) is 21.7 Å². The number of thioether (sulfide) groups is 1. The van der Waals surface area contributed by atoms with Crippen LogP contribution in [0.1, 0.15) is 39.5 Å². The molecule has 118 valence electrons. The maximum absolute atomic E-state index is 10.6. The third-order valence-electron chi connectivity index (χ3n) is 3.26. The molecule has 0 aromatic rings. The molecule has 7 heteroatoms. The number of carboxylic acids is 2. The smallest absolute Gasteiger partial charge is 0.320 e. The maximum atomic E-state index is 10.6. The maximum Gasteiger partial charge on any atom is 0.320 e. The van der Waals surface area contributed by atoms with Crippen molar-refractivity contribution in [3.05, 3.63) is 0 Å². The Labute approximate surface area is 124 Å². The van der Waals surface area contributed by atoms with E-state index >= 15 is 0 Å². The van der Waals surface area contributed by atoms with Crippen LogP contribution in [0.25, 0.3) is 0 Å². The summed E-state index contributed by atoms with van der Waals surface area (Å²) >= 11 is 1.68. The highest BCUT2D eigenvalue weighted by Gasteiger charge is 2.21. The lowest BCUT2D eigenvalue weighted by Gasteiger charge is -2.25. The number of carbonyl (C=O) groups is 2. The van der Waals surface area contributed by atoms with E-state index in [1.165, 1.54) is 0 Å². The zero-order chi connectivity index (χ0) is 15.8. The molecular weight excluding hydrogens is 280 g/mol. The Balaban J connectivity index is 3.77. The third kappa shape index (κ3) is 9.17. The van der Waals surface area contributed by atoms with Gasteiger partial charge in [0.1, 0.15) is 12.1 Å². The normalized spacial score (nSPS) is 14.8. The second kappa shape index (κ2) is 9.20. The average molecular weight is 306 g/mol. The number of hydrogen-bond donors (Lipinski definition) is 4. The fourth-order valence-corrected chi connectivity index (χ4v) is 2.90. The number of nitrogens with two attached hydrogens (primary N) is 2. The Bertz CT molecular complexity index is 323. The molecule has 0 spiro atoms. The Hall–Kier alpha value is -0.790. The number of hydrogen-bond acceptors (Lipinski definition) is 5. The molecule has 0 rings (SSSR count). The summed E-state index contributed by atoms with van der Waals surface area (Å²) in [6.45, 7) is 4.18. The highest BCUT2D eigenvalue weighted by molar-refractivity contribution is 7.99. The quantitative estimate of drug-likeness (QED) is 0.421. The van der Waals surface area contributed by atoms with Gasteiger partial charge in [-0.1, -0.05) is 13.8 Å². The number of rotatable bonds is 11. The van der Waals surface area contributed by atoms with Crippen LogP contribution in [0.4, 0.5) is 0 Å². The minimum absolute atomic E-state index is 0.0367. The molecule has 2 atom stereocenters. The Morgan fingerprint density at radius 1 is 1.00 bits per heavy atom. The lowest BCUT2D eigenvalue weighted by Crippen LogP contribution is -2.31. The van der Waals surface area contributed by atoms with Crippen LogP contribution in [-0.4, -0.2) is 45.7 Å². The summed E-state index contributed by atoms with van der Waals surface area (Å²) < 4.78 is 0. The van der Waals surface area contributed by atoms with Crippen molar-refractivity contribution in [2.75, 3.05) is 11.5 Å². The van der Waals surface area contributed by atoms with Crippen molar-refractivity contribution < 1.29 is 19.8 Å². The molecular formula is C13H26N2O4S. The topological polar surface area (TPSA) is 127 Å². The molecule has 0 aliphatic carbocycles. The first-order chi connectivity index (χ1) is 9.15. The second-order valence-corrected chi connectivity index (χ2v) is 6.97. The Morgan fingerprint density at radius 2 is 1.50 bits per heavy atom. The van der Waals surface area contributed by atoms with Crippen LogP contribution in [0, 0.1) is 5.41 Å². The molecule has 6 N–H and O–H groups in total. The Kier molecular flexibility index (Phi) is 8.84. The summed E-state index contributed by atoms with van der Waals surface area (Å²) in [5, 5.41) is 17.4. The second-order valence-electron chi connectivity index (χ2n) is 5.74. The van der Waals surface area contributed by atoms with Crippen molar-refractivity contribution in [1.29, 1.82) is 0 Å². The van der Waals surface area contributed by atoms with E-state index in [0.717, 1.165) is 24.3 Å². The van der Waals surface area contributed by atoms with Gasteiger partial charge in [0.05, 0.1) is 0 Å². The van der Waals surface area contributed by atoms with Crippen LogP contribution >= 0.6 is 11.8 Å². The first kappa shape index (κ1) is 19.2. The van der Waals surface area contributed by atoms with Gasteiger partial charge in [-0.15, -0.1) is 0 Å². The predicted molar refractivity (Wildman–Crippen MR) is 80.8 cm³/mol. The summed E-state index contributed by atoms with van der Waals surface area (Å²) in [6, 6.07) is -1.58. The summed E-state index contributed by atoms with van der Waals surface area (Å²) in [5.74, 6) is -0.300. The summed E-state index contributed by atoms with van der Waals surface area (Å²) in [7, 11) is 0. The van der Waals surface area contributed by atoms with Gasteiger partial charge in [0, 0.05) is 0 Å². The standard InChI is InChI=1S/C13H26N2O4S/c1-13(2,5-3-9(14)11(16)17)6-8-20-7-4-10(15)12(18)19/h9-10H,3-8,14-15H2,1-2H3,(H,16,17)(H,18,19)/t9?,10-/m0/s1. The van der Waals surface area contributed by atoms with E-state index in [1.54, 1.807) is 11.8 Å². The van der Waals surface area contributed by atoms with Crippen LogP contribution in [0.2, 0.25) is 0 Å². The van der Waals surface area contributed by atoms with Crippen molar-refractivity contribution >= 4 is 23.7 Å². The summed E-state index contributed by atoms with van der Waals surface area (Å²) in [4.78, 5) is 21.2. The number of carboxylic acid groups (broad SMARTS) is 2. The van der Waals surface area contributed by atoms with Gasteiger partial charge in [-0.05, 0) is 42.6 Å². The van der Waals surface area contributed by atoms with Crippen molar-refractivity contribution in [2.45, 2.75) is 51.6 Å². The van der Waals surface area contributed by atoms with Crippen molar-refractivity contribution in [3.8, 4) is 0 Å². The molecule has 0 bridgehead atoms. The highest BCUT2D eigenvalue weighted by atomic mass is 32.2. The third-order valence-corrected chi connectivity index (χ3v) is 4.28. The van der Waals surface area contributed by atoms with E-state index in [-0.39, 0.29) is 5.41 Å². The minimum atomic E-state index is -0.964. The molecule has 0 fully saturated rings. The fraction of sp³-hybridized carbons (Fsp3) is 0.846. The van der Waals surface area contributed by atoms with Gasteiger partial charge in [-0.3, -0.25) is 9.59 Å². The van der Waals surface area contributed by atoms with Crippen LogP contribution in [0.3, 0.4) is 0 Å². The lowest BCUT2D eigenvalue weighted by molar-refractivity contribution is -0.139. The molecule has 0 amide bonds. The van der Waals surface area contributed by atoms with Gasteiger partial charge in [-0.2, -0.15) is 11.8 Å². The van der Waals surface area contributed by atoms with Crippen molar-refractivity contribution in [2.24, 2.45) is 16.9 Å². The van der Waals surface area contributed by atoms with Gasteiger partial charge in [0.25, 0.3) is 0 Å². The molecule has 0 saturated carbocycles. The first-order valence-corrected chi connectivity index (χ1v) is 7.86. The van der Waals surface area contributed by atoms with Crippen molar-refractivity contribution in [1.82, 2.24) is 0 Å². The van der Waals surface area contributed by atoms with E-state index in [9.17, 15) is 9.59 Å². The molecule has 0 saturated heterocycles.